The van der Waals surface area contributed by atoms with Crippen molar-refractivity contribution >= 4 is 17.3 Å². The van der Waals surface area contributed by atoms with Crippen LogP contribution >= 0.6 is 11.3 Å². The number of benzene rings is 2. The highest BCUT2D eigenvalue weighted by Gasteiger charge is 2.30. The van der Waals surface area contributed by atoms with Crippen LogP contribution in [0.3, 0.4) is 0 Å². The van der Waals surface area contributed by atoms with Gasteiger partial charge in [0.05, 0.1) is 0 Å². The van der Waals surface area contributed by atoms with Crippen molar-refractivity contribution in [1.29, 1.82) is 0 Å². The van der Waals surface area contributed by atoms with Gasteiger partial charge in [0.25, 0.3) is 0 Å². The lowest BCUT2D eigenvalue weighted by atomic mass is 9.91. The Morgan fingerprint density at radius 3 is 2.08 bits per heavy atom. The Morgan fingerprint density at radius 1 is 0.917 bits per heavy atom. The van der Waals surface area contributed by atoms with Crippen LogP contribution in [-0.4, -0.2) is 16.2 Å². The van der Waals surface area contributed by atoms with E-state index in [4.69, 9.17) is 0 Å². The van der Waals surface area contributed by atoms with Gasteiger partial charge in [-0.25, -0.2) is 0 Å². The van der Waals surface area contributed by atoms with Gasteiger partial charge < -0.3 is 10.2 Å². The zero-order valence-electron chi connectivity index (χ0n) is 13.2. The first-order chi connectivity index (χ1) is 11.6. The van der Waals surface area contributed by atoms with Gasteiger partial charge in [0, 0.05) is 9.75 Å². The number of carbonyl (C=O) groups is 1. The summed E-state index contributed by atoms with van der Waals surface area (Å²) in [4.78, 5) is 13.4. The molecule has 0 aliphatic carbocycles. The minimum Gasteiger partial charge on any atom is -0.481 e. The lowest BCUT2D eigenvalue weighted by Crippen LogP contribution is -2.19. The van der Waals surface area contributed by atoms with Crippen molar-refractivity contribution in [2.24, 2.45) is 0 Å². The highest BCUT2D eigenvalue weighted by Crippen LogP contribution is 2.35. The Kier molecular flexibility index (Phi) is 4.79. The first-order valence-electron chi connectivity index (χ1n) is 7.69. The molecule has 0 amide bonds. The molecule has 0 aliphatic heterocycles. The number of hydrogen-bond donors (Lipinski definition) is 2. The molecule has 0 unspecified atom stereocenters. The molecule has 3 rings (SSSR count). The van der Waals surface area contributed by atoms with E-state index in [1.54, 1.807) is 18.2 Å². The summed E-state index contributed by atoms with van der Waals surface area (Å²) in [5, 5.41) is 20.1. The van der Waals surface area contributed by atoms with E-state index in [0.29, 0.717) is 10.4 Å². The van der Waals surface area contributed by atoms with Gasteiger partial charge in [-0.05, 0) is 35.7 Å². The van der Waals surface area contributed by atoms with E-state index in [1.165, 1.54) is 11.3 Å². The molecule has 2 aromatic carbocycles. The van der Waals surface area contributed by atoms with Crippen LogP contribution in [0.25, 0.3) is 11.1 Å². The summed E-state index contributed by atoms with van der Waals surface area (Å²) in [5.74, 6) is -2.01. The van der Waals surface area contributed by atoms with E-state index in [0.717, 1.165) is 16.0 Å². The SMILES string of the molecule is Cc1ccc([C@H](O)[C@H](C(=O)O)c2ccc(-c3ccccc3)cc2)s1. The normalized spacial score (nSPS) is 13.4. The van der Waals surface area contributed by atoms with Gasteiger partial charge in [0.2, 0.25) is 0 Å². The van der Waals surface area contributed by atoms with Crippen molar-refractivity contribution in [2.75, 3.05) is 0 Å². The van der Waals surface area contributed by atoms with Crippen LogP contribution < -0.4 is 0 Å². The molecule has 3 nitrogen and oxygen atoms in total. The number of aliphatic carboxylic acids is 1. The Morgan fingerprint density at radius 2 is 1.54 bits per heavy atom. The van der Waals surface area contributed by atoms with Crippen LogP contribution in [-0.2, 0) is 4.79 Å². The second-order valence-electron chi connectivity index (χ2n) is 5.70. The van der Waals surface area contributed by atoms with Gasteiger partial charge in [-0.1, -0.05) is 54.6 Å². The summed E-state index contributed by atoms with van der Waals surface area (Å²) in [6.45, 7) is 1.94. The first kappa shape index (κ1) is 16.4. The largest absolute Gasteiger partial charge is 0.481 e. The summed E-state index contributed by atoms with van der Waals surface area (Å²) >= 11 is 1.42. The van der Waals surface area contributed by atoms with Crippen LogP contribution in [0, 0.1) is 6.92 Å². The molecular formula is C20H18O3S. The lowest BCUT2D eigenvalue weighted by Gasteiger charge is -2.19. The maximum Gasteiger partial charge on any atom is 0.314 e. The summed E-state index contributed by atoms with van der Waals surface area (Å²) in [6, 6.07) is 20.9. The zero-order valence-corrected chi connectivity index (χ0v) is 14.0. The summed E-state index contributed by atoms with van der Waals surface area (Å²) < 4.78 is 0. The molecule has 1 heterocycles. The molecule has 0 aliphatic rings. The second kappa shape index (κ2) is 6.99. The zero-order chi connectivity index (χ0) is 17.1. The molecule has 0 spiro atoms. The number of aliphatic hydroxyl groups is 1. The Labute approximate surface area is 144 Å². The third-order valence-corrected chi connectivity index (χ3v) is 5.08. The smallest absolute Gasteiger partial charge is 0.314 e. The third-order valence-electron chi connectivity index (χ3n) is 4.01. The monoisotopic (exact) mass is 338 g/mol. The van der Waals surface area contributed by atoms with Crippen molar-refractivity contribution in [3.05, 3.63) is 82.0 Å². The van der Waals surface area contributed by atoms with E-state index in [-0.39, 0.29) is 0 Å². The minimum atomic E-state index is -1.05. The maximum absolute atomic E-state index is 11.7. The quantitative estimate of drug-likeness (QED) is 0.713. The van der Waals surface area contributed by atoms with Crippen molar-refractivity contribution in [3.8, 4) is 11.1 Å². The van der Waals surface area contributed by atoms with E-state index in [2.05, 4.69) is 0 Å². The Balaban J connectivity index is 1.90. The van der Waals surface area contributed by atoms with Gasteiger partial charge >= 0.3 is 5.97 Å². The molecule has 0 radical (unpaired) electrons. The van der Waals surface area contributed by atoms with Crippen molar-refractivity contribution in [1.82, 2.24) is 0 Å². The predicted octanol–water partition coefficient (Wildman–Crippen LogP) is 4.63. The standard InChI is InChI=1S/C20H18O3S/c1-13-7-12-17(24-13)19(21)18(20(22)23)16-10-8-15(9-11-16)14-5-3-2-4-6-14/h2-12,18-19,21H,1H3,(H,22,23)/t18-,19+/m1/s1. The molecule has 0 saturated carbocycles. The number of thiophene rings is 1. The molecule has 2 atom stereocenters. The van der Waals surface area contributed by atoms with Crippen LogP contribution in [0.5, 0.6) is 0 Å². The van der Waals surface area contributed by atoms with Crippen LogP contribution in [0.15, 0.2) is 66.7 Å². The lowest BCUT2D eigenvalue weighted by molar-refractivity contribution is -0.141. The fourth-order valence-electron chi connectivity index (χ4n) is 2.75. The highest BCUT2D eigenvalue weighted by atomic mass is 32.1. The average Bonchev–Trinajstić information content (AvgIpc) is 3.03. The van der Waals surface area contributed by atoms with Crippen LogP contribution in [0.2, 0.25) is 0 Å². The van der Waals surface area contributed by atoms with Crippen LogP contribution in [0.4, 0.5) is 0 Å². The van der Waals surface area contributed by atoms with Crippen molar-refractivity contribution < 1.29 is 15.0 Å². The summed E-state index contributed by atoms with van der Waals surface area (Å²) in [5.41, 5.74) is 2.69. The highest BCUT2D eigenvalue weighted by molar-refractivity contribution is 7.12. The fraction of sp³-hybridized carbons (Fsp3) is 0.150. The minimum absolute atomic E-state index is 0.598. The molecule has 3 aromatic rings. The number of hydrogen-bond acceptors (Lipinski definition) is 3. The molecule has 4 heteroatoms. The number of rotatable bonds is 5. The maximum atomic E-state index is 11.7. The predicted molar refractivity (Wildman–Crippen MR) is 96.3 cm³/mol. The van der Waals surface area contributed by atoms with E-state index >= 15 is 0 Å². The number of aryl methyl sites for hydroxylation is 1. The molecule has 0 fully saturated rings. The van der Waals surface area contributed by atoms with E-state index in [9.17, 15) is 15.0 Å². The summed E-state index contributed by atoms with van der Waals surface area (Å²) in [6.07, 6.45) is -1.05. The van der Waals surface area contributed by atoms with Gasteiger partial charge in [-0.2, -0.15) is 0 Å². The second-order valence-corrected chi connectivity index (χ2v) is 7.02. The van der Waals surface area contributed by atoms with Crippen molar-refractivity contribution in [2.45, 2.75) is 18.9 Å². The molecule has 1 aromatic heterocycles. The van der Waals surface area contributed by atoms with Gasteiger partial charge in [-0.15, -0.1) is 11.3 Å². The summed E-state index contributed by atoms with van der Waals surface area (Å²) in [7, 11) is 0. The third kappa shape index (κ3) is 3.40. The topological polar surface area (TPSA) is 57.5 Å². The van der Waals surface area contributed by atoms with Crippen molar-refractivity contribution in [3.63, 3.8) is 0 Å². The Bertz CT molecular complexity index is 822. The number of carboxylic acids is 1. The molecule has 0 saturated heterocycles. The molecule has 2 N–H and O–H groups in total. The van der Waals surface area contributed by atoms with E-state index in [1.807, 2.05) is 55.5 Å². The van der Waals surface area contributed by atoms with Gasteiger partial charge in [0.15, 0.2) is 0 Å². The first-order valence-corrected chi connectivity index (χ1v) is 8.50. The van der Waals surface area contributed by atoms with Crippen LogP contribution in [0.1, 0.15) is 27.3 Å². The molecular weight excluding hydrogens is 320 g/mol. The van der Waals surface area contributed by atoms with Gasteiger partial charge in [0.1, 0.15) is 12.0 Å². The number of carboxylic acid groups (broad SMARTS) is 1. The average molecular weight is 338 g/mol. The van der Waals surface area contributed by atoms with E-state index < -0.39 is 18.0 Å². The number of aliphatic hydroxyl groups excluding tert-OH is 1. The molecule has 0 bridgehead atoms. The molecule has 24 heavy (non-hydrogen) atoms. The Hall–Kier alpha value is -2.43. The van der Waals surface area contributed by atoms with Gasteiger partial charge in [-0.3, -0.25) is 4.79 Å². The molecule has 122 valence electrons. The fourth-order valence-corrected chi connectivity index (χ4v) is 3.65.